The standard InChI is InChI=1S/C15H22BrNO3/c1-2-3-11(4-5-18)8-17-9-12-6-14-15(7-13(12)16)20-10-19-14/h6-7,11,17-18H,2-5,8-10H2,1H3. The van der Waals surface area contributed by atoms with Crippen LogP contribution in [0.2, 0.25) is 0 Å². The van der Waals surface area contributed by atoms with Gasteiger partial charge in [0.05, 0.1) is 0 Å². The van der Waals surface area contributed by atoms with Crippen molar-refractivity contribution < 1.29 is 14.6 Å². The number of nitrogens with one attached hydrogen (secondary N) is 1. The zero-order valence-corrected chi connectivity index (χ0v) is 13.4. The highest BCUT2D eigenvalue weighted by Gasteiger charge is 2.16. The average molecular weight is 344 g/mol. The van der Waals surface area contributed by atoms with Crippen molar-refractivity contribution in [2.75, 3.05) is 19.9 Å². The number of fused-ring (bicyclic) bond motifs is 1. The Balaban J connectivity index is 1.87. The summed E-state index contributed by atoms with van der Waals surface area (Å²) in [6, 6.07) is 3.97. The lowest BCUT2D eigenvalue weighted by Gasteiger charge is -2.16. The monoisotopic (exact) mass is 343 g/mol. The highest BCUT2D eigenvalue weighted by molar-refractivity contribution is 9.10. The third-order valence-corrected chi connectivity index (χ3v) is 4.26. The Bertz CT molecular complexity index is 433. The minimum absolute atomic E-state index is 0.264. The van der Waals surface area contributed by atoms with Crippen molar-refractivity contribution in [3.63, 3.8) is 0 Å². The fourth-order valence-electron chi connectivity index (χ4n) is 2.44. The Kier molecular flexibility index (Phi) is 6.13. The number of rotatable bonds is 8. The molecule has 1 atom stereocenters. The van der Waals surface area contributed by atoms with Gasteiger partial charge in [0.2, 0.25) is 6.79 Å². The van der Waals surface area contributed by atoms with Crippen LogP contribution < -0.4 is 14.8 Å². The number of hydrogen-bond acceptors (Lipinski definition) is 4. The molecule has 0 spiro atoms. The van der Waals surface area contributed by atoms with Crippen molar-refractivity contribution in [1.82, 2.24) is 5.32 Å². The van der Waals surface area contributed by atoms with E-state index in [2.05, 4.69) is 28.2 Å². The molecular formula is C15H22BrNO3. The molecule has 1 aliphatic rings. The van der Waals surface area contributed by atoms with E-state index in [-0.39, 0.29) is 6.61 Å². The lowest BCUT2D eigenvalue weighted by molar-refractivity contribution is 0.174. The Labute approximate surface area is 128 Å². The van der Waals surface area contributed by atoms with Gasteiger partial charge in [0.1, 0.15) is 0 Å². The predicted molar refractivity (Wildman–Crippen MR) is 82.1 cm³/mol. The van der Waals surface area contributed by atoms with Crippen LogP contribution in [0.3, 0.4) is 0 Å². The first kappa shape index (κ1) is 15.6. The van der Waals surface area contributed by atoms with E-state index in [1.54, 1.807) is 0 Å². The van der Waals surface area contributed by atoms with Crippen molar-refractivity contribution in [3.05, 3.63) is 22.2 Å². The molecule has 0 saturated heterocycles. The molecule has 2 rings (SSSR count). The molecule has 0 aliphatic carbocycles. The molecule has 4 nitrogen and oxygen atoms in total. The number of halogens is 1. The van der Waals surface area contributed by atoms with Crippen molar-refractivity contribution >= 4 is 15.9 Å². The smallest absolute Gasteiger partial charge is 0.231 e. The lowest BCUT2D eigenvalue weighted by atomic mass is 10.0. The summed E-state index contributed by atoms with van der Waals surface area (Å²) in [4.78, 5) is 0. The normalized spacial score (nSPS) is 14.6. The zero-order chi connectivity index (χ0) is 14.4. The predicted octanol–water partition coefficient (Wildman–Crippen LogP) is 3.07. The molecule has 1 aromatic carbocycles. The summed E-state index contributed by atoms with van der Waals surface area (Å²) in [6.45, 7) is 4.45. The van der Waals surface area contributed by atoms with Crippen LogP contribution in [0.4, 0.5) is 0 Å². The molecule has 0 fully saturated rings. The third kappa shape index (κ3) is 4.11. The first-order valence-electron chi connectivity index (χ1n) is 7.14. The fourth-order valence-corrected chi connectivity index (χ4v) is 2.91. The Morgan fingerprint density at radius 3 is 2.75 bits per heavy atom. The van der Waals surface area contributed by atoms with Crippen molar-refractivity contribution in [2.45, 2.75) is 32.7 Å². The summed E-state index contributed by atoms with van der Waals surface area (Å²) < 4.78 is 11.8. The van der Waals surface area contributed by atoms with Crippen LogP contribution in [-0.4, -0.2) is 25.1 Å². The fraction of sp³-hybridized carbons (Fsp3) is 0.600. The minimum atomic E-state index is 0.264. The second-order valence-corrected chi connectivity index (χ2v) is 5.95. The van der Waals surface area contributed by atoms with E-state index in [0.29, 0.717) is 12.7 Å². The number of aliphatic hydroxyl groups excluding tert-OH is 1. The maximum atomic E-state index is 9.06. The Hall–Kier alpha value is -0.780. The van der Waals surface area contributed by atoms with Gasteiger partial charge in [-0.3, -0.25) is 0 Å². The molecule has 1 aromatic rings. The number of aliphatic hydroxyl groups is 1. The molecule has 0 aromatic heterocycles. The van der Waals surface area contributed by atoms with Crippen LogP contribution in [-0.2, 0) is 6.54 Å². The molecule has 112 valence electrons. The summed E-state index contributed by atoms with van der Waals surface area (Å²) in [5, 5.41) is 12.5. The quantitative estimate of drug-likeness (QED) is 0.761. The highest BCUT2D eigenvalue weighted by atomic mass is 79.9. The van der Waals surface area contributed by atoms with E-state index in [1.807, 2.05) is 12.1 Å². The van der Waals surface area contributed by atoms with E-state index in [1.165, 1.54) is 0 Å². The van der Waals surface area contributed by atoms with Gasteiger partial charge in [-0.1, -0.05) is 29.3 Å². The van der Waals surface area contributed by atoms with Crippen LogP contribution in [0.5, 0.6) is 11.5 Å². The molecule has 2 N–H and O–H groups in total. The summed E-state index contributed by atoms with van der Waals surface area (Å²) in [7, 11) is 0. The van der Waals surface area contributed by atoms with E-state index >= 15 is 0 Å². The molecule has 1 aliphatic heterocycles. The van der Waals surface area contributed by atoms with Gasteiger partial charge in [0.15, 0.2) is 11.5 Å². The second-order valence-electron chi connectivity index (χ2n) is 5.09. The summed E-state index contributed by atoms with van der Waals surface area (Å²) >= 11 is 3.56. The van der Waals surface area contributed by atoms with Gasteiger partial charge in [-0.2, -0.15) is 0 Å². The second kappa shape index (κ2) is 7.86. The maximum Gasteiger partial charge on any atom is 0.231 e. The van der Waals surface area contributed by atoms with Gasteiger partial charge in [0.25, 0.3) is 0 Å². The van der Waals surface area contributed by atoms with E-state index in [4.69, 9.17) is 14.6 Å². The van der Waals surface area contributed by atoms with E-state index in [0.717, 1.165) is 53.9 Å². The Morgan fingerprint density at radius 1 is 1.30 bits per heavy atom. The molecule has 1 unspecified atom stereocenters. The number of hydrogen-bond donors (Lipinski definition) is 2. The van der Waals surface area contributed by atoms with Gasteiger partial charge in [-0.05, 0) is 43.0 Å². The largest absolute Gasteiger partial charge is 0.454 e. The van der Waals surface area contributed by atoms with Crippen molar-refractivity contribution in [3.8, 4) is 11.5 Å². The van der Waals surface area contributed by atoms with Gasteiger partial charge in [0, 0.05) is 17.6 Å². The molecule has 20 heavy (non-hydrogen) atoms. The first-order chi connectivity index (χ1) is 9.74. The first-order valence-corrected chi connectivity index (χ1v) is 7.93. The molecule has 5 heteroatoms. The third-order valence-electron chi connectivity index (χ3n) is 3.52. The summed E-state index contributed by atoms with van der Waals surface area (Å²) in [5.74, 6) is 2.15. The van der Waals surface area contributed by atoms with Crippen molar-refractivity contribution in [1.29, 1.82) is 0 Å². The minimum Gasteiger partial charge on any atom is -0.454 e. The van der Waals surface area contributed by atoms with Crippen LogP contribution in [0, 0.1) is 5.92 Å². The van der Waals surface area contributed by atoms with Gasteiger partial charge < -0.3 is 19.9 Å². The Morgan fingerprint density at radius 2 is 2.05 bits per heavy atom. The van der Waals surface area contributed by atoms with E-state index in [9.17, 15) is 0 Å². The van der Waals surface area contributed by atoms with E-state index < -0.39 is 0 Å². The highest BCUT2D eigenvalue weighted by Crippen LogP contribution is 2.36. The molecule has 0 radical (unpaired) electrons. The molecule has 1 heterocycles. The lowest BCUT2D eigenvalue weighted by Crippen LogP contribution is -2.23. The SMILES string of the molecule is CCCC(CCO)CNCc1cc2c(cc1Br)OCO2. The topological polar surface area (TPSA) is 50.7 Å². The molecule has 0 amide bonds. The van der Waals surface area contributed by atoms with Gasteiger partial charge >= 0.3 is 0 Å². The van der Waals surface area contributed by atoms with Crippen LogP contribution in [0.1, 0.15) is 31.7 Å². The maximum absolute atomic E-state index is 9.06. The van der Waals surface area contributed by atoms with Gasteiger partial charge in [-0.15, -0.1) is 0 Å². The van der Waals surface area contributed by atoms with Crippen LogP contribution in [0.15, 0.2) is 16.6 Å². The average Bonchev–Trinajstić information content (AvgIpc) is 2.86. The zero-order valence-electron chi connectivity index (χ0n) is 11.8. The number of benzene rings is 1. The number of ether oxygens (including phenoxy) is 2. The summed E-state index contributed by atoms with van der Waals surface area (Å²) in [6.07, 6.45) is 3.17. The molecular weight excluding hydrogens is 322 g/mol. The van der Waals surface area contributed by atoms with Crippen LogP contribution >= 0.6 is 15.9 Å². The summed E-state index contributed by atoms with van der Waals surface area (Å²) in [5.41, 5.74) is 1.16. The molecule has 0 saturated carbocycles. The van der Waals surface area contributed by atoms with Gasteiger partial charge in [-0.25, -0.2) is 0 Å². The van der Waals surface area contributed by atoms with Crippen LogP contribution in [0.25, 0.3) is 0 Å². The molecule has 0 bridgehead atoms. The van der Waals surface area contributed by atoms with Crippen molar-refractivity contribution in [2.24, 2.45) is 5.92 Å².